The van der Waals surface area contributed by atoms with Crippen LogP contribution in [0.3, 0.4) is 0 Å². The zero-order chi connectivity index (χ0) is 17.6. The van der Waals surface area contributed by atoms with Crippen LogP contribution in [0.1, 0.15) is 5.56 Å². The fourth-order valence-electron chi connectivity index (χ4n) is 3.47. The van der Waals surface area contributed by atoms with Crippen molar-refractivity contribution in [2.24, 2.45) is 0 Å². The summed E-state index contributed by atoms with van der Waals surface area (Å²) < 4.78 is 19.2. The van der Waals surface area contributed by atoms with Gasteiger partial charge in [-0.2, -0.15) is 0 Å². The van der Waals surface area contributed by atoms with E-state index in [0.717, 1.165) is 52.5 Å². The van der Waals surface area contributed by atoms with E-state index in [4.69, 9.17) is 16.3 Å². The summed E-state index contributed by atoms with van der Waals surface area (Å²) in [6.45, 7) is 8.70. The molecule has 1 aromatic carbocycles. The lowest BCUT2D eigenvalue weighted by Crippen LogP contribution is -2.50. The average Bonchev–Trinajstić information content (AvgIpc) is 2.60. The van der Waals surface area contributed by atoms with E-state index in [-0.39, 0.29) is 11.9 Å². The summed E-state index contributed by atoms with van der Waals surface area (Å²) in [5.74, 6) is -0.240. The monoisotopic (exact) mass is 371 g/mol. The number of β-amino-alcohol motifs (C(OH)–C–C–N with tert-alkyl or cyclic N) is 1. The lowest BCUT2D eigenvalue weighted by atomic mass is 10.1. The Bertz CT molecular complexity index is 529. The van der Waals surface area contributed by atoms with Crippen LogP contribution in [-0.4, -0.2) is 91.5 Å². The van der Waals surface area contributed by atoms with Gasteiger partial charge in [-0.3, -0.25) is 14.7 Å². The number of halogens is 2. The van der Waals surface area contributed by atoms with Crippen LogP contribution in [0.4, 0.5) is 4.39 Å². The van der Waals surface area contributed by atoms with E-state index in [1.54, 1.807) is 12.1 Å². The first-order chi connectivity index (χ1) is 12.1. The molecule has 2 aliphatic heterocycles. The van der Waals surface area contributed by atoms with Crippen LogP contribution < -0.4 is 0 Å². The Balaban J connectivity index is 1.41. The molecule has 1 N–H and O–H groups in total. The molecule has 25 heavy (non-hydrogen) atoms. The zero-order valence-electron chi connectivity index (χ0n) is 14.5. The second kappa shape index (κ2) is 9.26. The molecule has 1 atom stereocenters. The second-order valence-corrected chi connectivity index (χ2v) is 7.25. The van der Waals surface area contributed by atoms with Crippen LogP contribution in [-0.2, 0) is 11.3 Å². The highest BCUT2D eigenvalue weighted by Crippen LogP contribution is 2.21. The minimum atomic E-state index is -0.342. The molecule has 2 heterocycles. The molecule has 0 radical (unpaired) electrons. The molecule has 1 unspecified atom stereocenters. The molecule has 0 bridgehead atoms. The van der Waals surface area contributed by atoms with Gasteiger partial charge in [-0.1, -0.05) is 17.7 Å². The molecule has 7 heteroatoms. The van der Waals surface area contributed by atoms with Gasteiger partial charge in [0.15, 0.2) is 0 Å². The van der Waals surface area contributed by atoms with E-state index in [2.05, 4.69) is 14.7 Å². The van der Waals surface area contributed by atoms with E-state index in [1.165, 1.54) is 6.07 Å². The first-order valence-corrected chi connectivity index (χ1v) is 9.35. The number of aliphatic hydroxyl groups excluding tert-OH is 1. The van der Waals surface area contributed by atoms with Crippen molar-refractivity contribution in [3.05, 3.63) is 34.6 Å². The number of ether oxygens (including phenoxy) is 1. The van der Waals surface area contributed by atoms with E-state index in [9.17, 15) is 9.50 Å². The number of aliphatic hydroxyl groups is 1. The highest BCUT2D eigenvalue weighted by Gasteiger charge is 2.22. The van der Waals surface area contributed by atoms with E-state index < -0.39 is 0 Å². The number of rotatable bonds is 6. The van der Waals surface area contributed by atoms with E-state index in [0.29, 0.717) is 30.2 Å². The van der Waals surface area contributed by atoms with Gasteiger partial charge in [0.25, 0.3) is 0 Å². The third-order valence-electron chi connectivity index (χ3n) is 4.95. The first kappa shape index (κ1) is 19.0. The maximum atomic E-state index is 13.9. The quantitative estimate of drug-likeness (QED) is 0.816. The number of benzene rings is 1. The predicted octanol–water partition coefficient (Wildman–Crippen LogP) is 1.29. The summed E-state index contributed by atoms with van der Waals surface area (Å²) in [5.41, 5.74) is 0.574. The molecular formula is C18H27ClFN3O2. The molecule has 3 rings (SSSR count). The maximum absolute atomic E-state index is 13.9. The minimum Gasteiger partial charge on any atom is -0.390 e. The molecule has 2 fully saturated rings. The molecule has 0 saturated carbocycles. The van der Waals surface area contributed by atoms with Gasteiger partial charge >= 0.3 is 0 Å². The maximum Gasteiger partial charge on any atom is 0.129 e. The van der Waals surface area contributed by atoms with Crippen LogP contribution in [0.15, 0.2) is 18.2 Å². The van der Waals surface area contributed by atoms with Crippen molar-refractivity contribution in [3.8, 4) is 0 Å². The molecule has 2 aliphatic rings. The highest BCUT2D eigenvalue weighted by molar-refractivity contribution is 6.31. The molecule has 1 aromatic rings. The van der Waals surface area contributed by atoms with Gasteiger partial charge in [-0.05, 0) is 12.1 Å². The van der Waals surface area contributed by atoms with E-state index >= 15 is 0 Å². The van der Waals surface area contributed by atoms with Gasteiger partial charge in [-0.15, -0.1) is 0 Å². The van der Waals surface area contributed by atoms with Gasteiger partial charge in [-0.25, -0.2) is 4.39 Å². The second-order valence-electron chi connectivity index (χ2n) is 6.84. The number of piperazine rings is 1. The SMILES string of the molecule is OC(CN1CCOCC1)CN1CCN(Cc2c(F)cccc2Cl)CC1. The largest absolute Gasteiger partial charge is 0.390 e. The summed E-state index contributed by atoms with van der Waals surface area (Å²) in [6, 6.07) is 4.83. The van der Waals surface area contributed by atoms with Gasteiger partial charge < -0.3 is 9.84 Å². The fourth-order valence-corrected chi connectivity index (χ4v) is 3.70. The van der Waals surface area contributed by atoms with Crippen LogP contribution >= 0.6 is 11.6 Å². The van der Waals surface area contributed by atoms with Gasteiger partial charge in [0, 0.05) is 69.5 Å². The standard InChI is InChI=1S/C18H27ClFN3O2/c19-17-2-1-3-18(20)16(17)14-22-6-4-21(5-7-22)12-15(24)13-23-8-10-25-11-9-23/h1-3,15,24H,4-14H2. The average molecular weight is 372 g/mol. The molecule has 0 spiro atoms. The number of morpholine rings is 1. The Kier molecular flexibility index (Phi) is 7.04. The summed E-state index contributed by atoms with van der Waals surface area (Å²) >= 11 is 6.12. The topological polar surface area (TPSA) is 39.2 Å². The normalized spacial score (nSPS) is 22.2. The van der Waals surface area contributed by atoms with Crippen molar-refractivity contribution in [1.29, 1.82) is 0 Å². The van der Waals surface area contributed by atoms with Crippen LogP contribution in [0.2, 0.25) is 5.02 Å². The summed E-state index contributed by atoms with van der Waals surface area (Å²) in [6.07, 6.45) is -0.342. The molecule has 2 saturated heterocycles. The number of hydrogen-bond acceptors (Lipinski definition) is 5. The highest BCUT2D eigenvalue weighted by atomic mass is 35.5. The number of nitrogens with zero attached hydrogens (tertiary/aromatic N) is 3. The lowest BCUT2D eigenvalue weighted by Gasteiger charge is -2.36. The van der Waals surface area contributed by atoms with Crippen molar-refractivity contribution >= 4 is 11.6 Å². The summed E-state index contributed by atoms with van der Waals surface area (Å²) in [4.78, 5) is 6.75. The van der Waals surface area contributed by atoms with Crippen molar-refractivity contribution in [3.63, 3.8) is 0 Å². The molecule has 140 valence electrons. The lowest BCUT2D eigenvalue weighted by molar-refractivity contribution is 0.00215. The van der Waals surface area contributed by atoms with Crippen LogP contribution in [0.5, 0.6) is 0 Å². The number of hydrogen-bond donors (Lipinski definition) is 1. The van der Waals surface area contributed by atoms with Gasteiger partial charge in [0.2, 0.25) is 0 Å². The smallest absolute Gasteiger partial charge is 0.129 e. The van der Waals surface area contributed by atoms with Crippen molar-refractivity contribution in [2.45, 2.75) is 12.6 Å². The van der Waals surface area contributed by atoms with Crippen LogP contribution in [0, 0.1) is 5.82 Å². The van der Waals surface area contributed by atoms with Gasteiger partial charge in [0.1, 0.15) is 5.82 Å². The fraction of sp³-hybridized carbons (Fsp3) is 0.667. The Morgan fingerprint density at radius 2 is 1.60 bits per heavy atom. The third kappa shape index (κ3) is 5.61. The molecule has 0 aromatic heterocycles. The summed E-state index contributed by atoms with van der Waals surface area (Å²) in [5, 5.41) is 10.8. The Labute approximate surface area is 153 Å². The summed E-state index contributed by atoms with van der Waals surface area (Å²) in [7, 11) is 0. The minimum absolute atomic E-state index is 0.240. The Morgan fingerprint density at radius 1 is 1.00 bits per heavy atom. The Hall–Kier alpha value is -0.760. The van der Waals surface area contributed by atoms with Crippen molar-refractivity contribution in [1.82, 2.24) is 14.7 Å². The zero-order valence-corrected chi connectivity index (χ0v) is 15.3. The molecule has 0 aliphatic carbocycles. The van der Waals surface area contributed by atoms with Crippen molar-refractivity contribution in [2.75, 3.05) is 65.6 Å². The van der Waals surface area contributed by atoms with Crippen molar-refractivity contribution < 1.29 is 14.2 Å². The van der Waals surface area contributed by atoms with Gasteiger partial charge in [0.05, 0.1) is 19.3 Å². The molecule has 5 nitrogen and oxygen atoms in total. The Morgan fingerprint density at radius 3 is 2.24 bits per heavy atom. The predicted molar refractivity (Wildman–Crippen MR) is 96.4 cm³/mol. The third-order valence-corrected chi connectivity index (χ3v) is 5.30. The first-order valence-electron chi connectivity index (χ1n) is 8.97. The van der Waals surface area contributed by atoms with E-state index in [1.807, 2.05) is 0 Å². The molecular weight excluding hydrogens is 345 g/mol. The van der Waals surface area contributed by atoms with Crippen LogP contribution in [0.25, 0.3) is 0 Å². The molecule has 0 amide bonds.